The minimum Gasteiger partial charge on any atom is -0.496 e. The Morgan fingerprint density at radius 2 is 1.78 bits per heavy atom. The molecular weight excluding hydrogens is 511 g/mol. The summed E-state index contributed by atoms with van der Waals surface area (Å²) in [6.45, 7) is 0.450. The summed E-state index contributed by atoms with van der Waals surface area (Å²) in [6, 6.07) is 4.52. The standard InChI is InChI=1S/C24H20F7N3O3/c1-34(17-6-4-16(25)5-7-17)22(35)37-21-19(14(11-32)12-33-13-18-3-2-8-36-18)9-15(23(26,27)28)10-20(21)24(29,30)31/h4-7,9-13H,2-3,8,32H2,1H3/b14-11?,18-13+,33-12?. The fourth-order valence-electron chi connectivity index (χ4n) is 3.28. The first-order chi connectivity index (χ1) is 17.3. The van der Waals surface area contributed by atoms with Crippen molar-refractivity contribution in [3.63, 3.8) is 0 Å². The van der Waals surface area contributed by atoms with Crippen LogP contribution >= 0.6 is 0 Å². The molecule has 1 amide bonds. The predicted molar refractivity (Wildman–Crippen MR) is 121 cm³/mol. The van der Waals surface area contributed by atoms with Crippen molar-refractivity contribution < 1.29 is 45.0 Å². The Morgan fingerprint density at radius 1 is 1.11 bits per heavy atom. The number of carbonyl (C=O) groups is 1. The summed E-state index contributed by atoms with van der Waals surface area (Å²) < 4.78 is 106. The van der Waals surface area contributed by atoms with E-state index < -0.39 is 52.3 Å². The number of alkyl halides is 6. The van der Waals surface area contributed by atoms with E-state index in [4.69, 9.17) is 15.2 Å². The Labute approximate surface area is 206 Å². The van der Waals surface area contributed by atoms with Crippen LogP contribution in [0.1, 0.15) is 29.5 Å². The highest BCUT2D eigenvalue weighted by Gasteiger charge is 2.41. The Balaban J connectivity index is 2.12. The highest BCUT2D eigenvalue weighted by atomic mass is 19.4. The Morgan fingerprint density at radius 3 is 2.32 bits per heavy atom. The van der Waals surface area contributed by atoms with E-state index >= 15 is 0 Å². The van der Waals surface area contributed by atoms with E-state index in [0.29, 0.717) is 24.9 Å². The topological polar surface area (TPSA) is 77.2 Å². The fourth-order valence-corrected chi connectivity index (χ4v) is 3.28. The fraction of sp³-hybridized carbons (Fsp3) is 0.250. The minimum atomic E-state index is -5.35. The summed E-state index contributed by atoms with van der Waals surface area (Å²) in [5, 5.41) is 0. The molecule has 198 valence electrons. The van der Waals surface area contributed by atoms with Gasteiger partial charge in [-0.3, -0.25) is 9.89 Å². The molecule has 2 aromatic carbocycles. The Hall–Kier alpha value is -4.03. The monoisotopic (exact) mass is 531 g/mol. The van der Waals surface area contributed by atoms with E-state index in [0.717, 1.165) is 55.0 Å². The van der Waals surface area contributed by atoms with Gasteiger partial charge in [0.25, 0.3) is 0 Å². The van der Waals surface area contributed by atoms with Gasteiger partial charge in [0, 0.05) is 42.7 Å². The molecule has 0 unspecified atom stereocenters. The highest BCUT2D eigenvalue weighted by Crippen LogP contribution is 2.44. The molecule has 1 aliphatic rings. The van der Waals surface area contributed by atoms with Crippen LogP contribution in [0.5, 0.6) is 5.75 Å². The number of anilines is 1. The number of benzene rings is 2. The van der Waals surface area contributed by atoms with Crippen LogP contribution in [0.25, 0.3) is 5.57 Å². The molecule has 2 N–H and O–H groups in total. The van der Waals surface area contributed by atoms with E-state index in [1.54, 1.807) is 0 Å². The van der Waals surface area contributed by atoms with Crippen LogP contribution in [0, 0.1) is 5.82 Å². The molecule has 1 heterocycles. The molecule has 6 nitrogen and oxygen atoms in total. The Kier molecular flexibility index (Phi) is 8.14. The van der Waals surface area contributed by atoms with E-state index in [-0.39, 0.29) is 11.8 Å². The molecule has 3 rings (SSSR count). The Bertz CT molecular complexity index is 1230. The lowest BCUT2D eigenvalue weighted by atomic mass is 9.98. The number of ether oxygens (including phenoxy) is 2. The van der Waals surface area contributed by atoms with Crippen molar-refractivity contribution >= 4 is 23.6 Å². The second kappa shape index (κ2) is 10.9. The number of aliphatic imine (C=N–C) groups is 1. The smallest absolute Gasteiger partial charge is 0.420 e. The van der Waals surface area contributed by atoms with Gasteiger partial charge in [0.1, 0.15) is 11.6 Å². The van der Waals surface area contributed by atoms with Gasteiger partial charge in [0.2, 0.25) is 0 Å². The maximum Gasteiger partial charge on any atom is 0.420 e. The average Bonchev–Trinajstić information content (AvgIpc) is 3.34. The summed E-state index contributed by atoms with van der Waals surface area (Å²) in [4.78, 5) is 17.4. The van der Waals surface area contributed by atoms with E-state index in [1.807, 2.05) is 0 Å². The van der Waals surface area contributed by atoms with Gasteiger partial charge >= 0.3 is 18.4 Å². The quantitative estimate of drug-likeness (QED) is 0.352. The minimum absolute atomic E-state index is 0.0489. The maximum absolute atomic E-state index is 13.9. The molecule has 0 spiro atoms. The van der Waals surface area contributed by atoms with Crippen molar-refractivity contribution in [2.24, 2.45) is 10.7 Å². The maximum atomic E-state index is 13.9. The third-order valence-corrected chi connectivity index (χ3v) is 5.18. The number of halogens is 7. The van der Waals surface area contributed by atoms with Crippen LogP contribution in [0.15, 0.2) is 59.5 Å². The van der Waals surface area contributed by atoms with Crippen molar-refractivity contribution in [2.75, 3.05) is 18.6 Å². The van der Waals surface area contributed by atoms with Gasteiger partial charge in [-0.1, -0.05) is 0 Å². The number of nitrogens with zero attached hydrogens (tertiary/aromatic N) is 2. The van der Waals surface area contributed by atoms with Crippen molar-refractivity contribution in [1.29, 1.82) is 0 Å². The molecule has 0 saturated carbocycles. The highest BCUT2D eigenvalue weighted by molar-refractivity contribution is 6.11. The number of carbonyl (C=O) groups excluding carboxylic acids is 1. The molecule has 0 bridgehead atoms. The molecular formula is C24H20F7N3O3. The van der Waals surface area contributed by atoms with E-state index in [2.05, 4.69) is 4.99 Å². The SMILES string of the molecule is CN(C(=O)Oc1c(C(C=N/C=C2\CCCO2)=CN)cc(C(F)(F)F)cc1C(F)(F)F)c1ccc(F)cc1. The van der Waals surface area contributed by atoms with Gasteiger partial charge in [0.05, 0.1) is 23.9 Å². The number of hydrogen-bond acceptors (Lipinski definition) is 5. The predicted octanol–water partition coefficient (Wildman–Crippen LogP) is 6.52. The van der Waals surface area contributed by atoms with Crippen LogP contribution in [-0.2, 0) is 17.1 Å². The van der Waals surface area contributed by atoms with Gasteiger partial charge in [-0.25, -0.2) is 9.18 Å². The molecule has 0 atom stereocenters. The number of allylic oxidation sites excluding steroid dienone is 2. The zero-order chi connectivity index (χ0) is 27.4. The second-order valence-electron chi connectivity index (χ2n) is 7.75. The third-order valence-electron chi connectivity index (χ3n) is 5.18. The number of nitrogens with two attached hydrogens (primary N) is 1. The third kappa shape index (κ3) is 6.80. The van der Waals surface area contributed by atoms with E-state index in [1.165, 1.54) is 6.20 Å². The van der Waals surface area contributed by atoms with Gasteiger partial charge in [-0.05, 0) is 42.8 Å². The van der Waals surface area contributed by atoms with Crippen molar-refractivity contribution in [3.8, 4) is 5.75 Å². The molecule has 1 aliphatic heterocycles. The van der Waals surface area contributed by atoms with Gasteiger partial charge in [-0.15, -0.1) is 0 Å². The molecule has 37 heavy (non-hydrogen) atoms. The molecule has 0 aliphatic carbocycles. The number of amides is 1. The first-order valence-corrected chi connectivity index (χ1v) is 10.6. The van der Waals surface area contributed by atoms with Crippen molar-refractivity contribution in [2.45, 2.75) is 25.2 Å². The normalized spacial score (nSPS) is 15.8. The molecule has 1 fully saturated rings. The average molecular weight is 531 g/mol. The molecule has 0 aromatic heterocycles. The van der Waals surface area contributed by atoms with Gasteiger partial charge < -0.3 is 15.2 Å². The van der Waals surface area contributed by atoms with E-state index in [9.17, 15) is 35.5 Å². The summed E-state index contributed by atoms with van der Waals surface area (Å²) in [6.07, 6.45) is -7.71. The van der Waals surface area contributed by atoms with Crippen molar-refractivity contribution in [1.82, 2.24) is 0 Å². The zero-order valence-electron chi connectivity index (χ0n) is 19.2. The lowest BCUT2D eigenvalue weighted by Gasteiger charge is -2.22. The summed E-state index contributed by atoms with van der Waals surface area (Å²) in [7, 11) is 1.13. The lowest BCUT2D eigenvalue weighted by Crippen LogP contribution is -2.30. The van der Waals surface area contributed by atoms with Gasteiger partial charge in [-0.2, -0.15) is 26.3 Å². The van der Waals surface area contributed by atoms with Crippen LogP contribution in [0.2, 0.25) is 0 Å². The lowest BCUT2D eigenvalue weighted by molar-refractivity contribution is -0.143. The molecule has 13 heteroatoms. The zero-order valence-corrected chi connectivity index (χ0v) is 19.2. The molecule has 2 aromatic rings. The first-order valence-electron chi connectivity index (χ1n) is 10.6. The van der Waals surface area contributed by atoms with Crippen LogP contribution < -0.4 is 15.4 Å². The molecule has 0 radical (unpaired) electrons. The van der Waals surface area contributed by atoms with Gasteiger partial charge in [0.15, 0.2) is 5.75 Å². The van der Waals surface area contributed by atoms with Crippen LogP contribution in [-0.4, -0.2) is 26.0 Å². The molecule has 1 saturated heterocycles. The van der Waals surface area contributed by atoms with Crippen molar-refractivity contribution in [3.05, 3.63) is 77.1 Å². The largest absolute Gasteiger partial charge is 0.496 e. The number of rotatable bonds is 5. The summed E-state index contributed by atoms with van der Waals surface area (Å²) >= 11 is 0. The summed E-state index contributed by atoms with van der Waals surface area (Å²) in [5.74, 6) is -1.38. The summed E-state index contributed by atoms with van der Waals surface area (Å²) in [5.41, 5.74) is 0.904. The second-order valence-corrected chi connectivity index (χ2v) is 7.75. The van der Waals surface area contributed by atoms with Crippen LogP contribution in [0.4, 0.5) is 41.2 Å². The number of hydrogen-bond donors (Lipinski definition) is 1. The first kappa shape index (κ1) is 27.6. The van der Waals surface area contributed by atoms with Crippen LogP contribution in [0.3, 0.4) is 0 Å².